The lowest BCUT2D eigenvalue weighted by atomic mass is 10.1. The first-order valence-corrected chi connectivity index (χ1v) is 4.23. The van der Waals surface area contributed by atoms with Crippen molar-refractivity contribution < 1.29 is 14.6 Å². The lowest BCUT2D eigenvalue weighted by molar-refractivity contribution is 0.101. The maximum atomic E-state index is 11.2. The minimum atomic E-state index is -0.220. The van der Waals surface area contributed by atoms with Crippen molar-refractivity contribution in [3.8, 4) is 11.5 Å². The van der Waals surface area contributed by atoms with Crippen molar-refractivity contribution in [3.05, 3.63) is 36.4 Å². The van der Waals surface area contributed by atoms with Crippen LogP contribution in [0.15, 0.2) is 30.9 Å². The number of benzene rings is 1. The fourth-order valence-corrected chi connectivity index (χ4v) is 1.14. The molecule has 1 rings (SSSR count). The molecule has 1 aromatic rings. The first-order chi connectivity index (χ1) is 6.66. The second-order valence-corrected chi connectivity index (χ2v) is 2.81. The summed E-state index contributed by atoms with van der Waals surface area (Å²) in [7, 11) is 0. The SMILES string of the molecule is C=CCOc1cccc(O)c1C(C)=O. The summed E-state index contributed by atoms with van der Waals surface area (Å²) in [6, 6.07) is 4.72. The Balaban J connectivity index is 3.07. The molecule has 0 aliphatic rings. The summed E-state index contributed by atoms with van der Waals surface area (Å²) in [5, 5.41) is 9.43. The molecule has 0 saturated heterocycles. The molecular weight excluding hydrogens is 180 g/mol. The molecule has 0 saturated carbocycles. The summed E-state index contributed by atoms with van der Waals surface area (Å²) in [5.74, 6) is 0.110. The van der Waals surface area contributed by atoms with Crippen LogP contribution in [0.25, 0.3) is 0 Å². The summed E-state index contributed by atoms with van der Waals surface area (Å²) >= 11 is 0. The number of carbonyl (C=O) groups is 1. The van der Waals surface area contributed by atoms with Gasteiger partial charge in [-0.15, -0.1) is 0 Å². The highest BCUT2D eigenvalue weighted by Crippen LogP contribution is 2.27. The number of carbonyl (C=O) groups excluding carboxylic acids is 1. The van der Waals surface area contributed by atoms with Gasteiger partial charge in [0.05, 0.1) is 0 Å². The third-order valence-corrected chi connectivity index (χ3v) is 1.71. The molecule has 74 valence electrons. The summed E-state index contributed by atoms with van der Waals surface area (Å²) < 4.78 is 5.23. The minimum absolute atomic E-state index is 0.0564. The van der Waals surface area contributed by atoms with E-state index in [1.165, 1.54) is 13.0 Å². The molecule has 3 nitrogen and oxygen atoms in total. The second kappa shape index (κ2) is 4.46. The Labute approximate surface area is 82.6 Å². The fourth-order valence-electron chi connectivity index (χ4n) is 1.14. The van der Waals surface area contributed by atoms with E-state index in [9.17, 15) is 9.90 Å². The third-order valence-electron chi connectivity index (χ3n) is 1.71. The largest absolute Gasteiger partial charge is 0.507 e. The van der Waals surface area contributed by atoms with Crippen LogP contribution in [0.1, 0.15) is 17.3 Å². The van der Waals surface area contributed by atoms with E-state index in [4.69, 9.17) is 4.74 Å². The number of phenolic OH excluding ortho intramolecular Hbond substituents is 1. The average Bonchev–Trinajstić information content (AvgIpc) is 2.14. The molecule has 0 aliphatic carbocycles. The Morgan fingerprint density at radius 2 is 2.36 bits per heavy atom. The van der Waals surface area contributed by atoms with E-state index in [2.05, 4.69) is 6.58 Å². The molecule has 3 heteroatoms. The molecule has 0 atom stereocenters. The van der Waals surface area contributed by atoms with Crippen LogP contribution in [0.5, 0.6) is 11.5 Å². The number of rotatable bonds is 4. The Kier molecular flexibility index (Phi) is 3.29. The van der Waals surface area contributed by atoms with Crippen LogP contribution in [-0.4, -0.2) is 17.5 Å². The lowest BCUT2D eigenvalue weighted by Gasteiger charge is -2.08. The lowest BCUT2D eigenvalue weighted by Crippen LogP contribution is -2.01. The van der Waals surface area contributed by atoms with E-state index >= 15 is 0 Å². The summed E-state index contributed by atoms with van der Waals surface area (Å²) in [6.07, 6.45) is 1.58. The average molecular weight is 192 g/mol. The molecule has 0 radical (unpaired) electrons. The van der Waals surface area contributed by atoms with E-state index in [0.717, 1.165) is 0 Å². The Hall–Kier alpha value is -1.77. The number of Topliss-reactive ketones (excluding diaryl/α,β-unsaturated/α-hetero) is 1. The quantitative estimate of drug-likeness (QED) is 0.587. The van der Waals surface area contributed by atoms with Crippen molar-refractivity contribution in [2.45, 2.75) is 6.92 Å². The zero-order valence-corrected chi connectivity index (χ0v) is 7.99. The number of ether oxygens (including phenoxy) is 1. The Bertz CT molecular complexity index is 356. The van der Waals surface area contributed by atoms with Crippen molar-refractivity contribution in [2.24, 2.45) is 0 Å². The van der Waals surface area contributed by atoms with Crippen molar-refractivity contribution in [3.63, 3.8) is 0 Å². The van der Waals surface area contributed by atoms with Gasteiger partial charge in [0.2, 0.25) is 0 Å². The van der Waals surface area contributed by atoms with Gasteiger partial charge in [0.25, 0.3) is 0 Å². The van der Waals surface area contributed by atoms with E-state index in [0.29, 0.717) is 12.4 Å². The number of hydrogen-bond acceptors (Lipinski definition) is 3. The van der Waals surface area contributed by atoms with Gasteiger partial charge >= 0.3 is 0 Å². The standard InChI is InChI=1S/C11H12O3/c1-3-7-14-10-6-4-5-9(13)11(10)8(2)12/h3-6,13H,1,7H2,2H3. The minimum Gasteiger partial charge on any atom is -0.507 e. The first-order valence-electron chi connectivity index (χ1n) is 4.23. The molecule has 0 heterocycles. The molecule has 0 unspecified atom stereocenters. The molecule has 0 fully saturated rings. The third kappa shape index (κ3) is 2.13. The van der Waals surface area contributed by atoms with E-state index in [1.807, 2.05) is 0 Å². The monoisotopic (exact) mass is 192 g/mol. The van der Waals surface area contributed by atoms with Gasteiger partial charge in [-0.3, -0.25) is 4.79 Å². The highest BCUT2D eigenvalue weighted by molar-refractivity contribution is 5.99. The maximum Gasteiger partial charge on any atom is 0.167 e. The van der Waals surface area contributed by atoms with Gasteiger partial charge in [0.15, 0.2) is 5.78 Å². The second-order valence-electron chi connectivity index (χ2n) is 2.81. The summed E-state index contributed by atoms with van der Waals surface area (Å²) in [4.78, 5) is 11.2. The van der Waals surface area contributed by atoms with Gasteiger partial charge in [-0.05, 0) is 19.1 Å². The molecule has 14 heavy (non-hydrogen) atoms. The number of phenols is 1. The van der Waals surface area contributed by atoms with Crippen LogP contribution in [0.2, 0.25) is 0 Å². The van der Waals surface area contributed by atoms with Crippen LogP contribution in [0.4, 0.5) is 0 Å². The highest BCUT2D eigenvalue weighted by atomic mass is 16.5. The van der Waals surface area contributed by atoms with E-state index < -0.39 is 0 Å². The van der Waals surface area contributed by atoms with Crippen molar-refractivity contribution in [2.75, 3.05) is 6.61 Å². The van der Waals surface area contributed by atoms with Crippen molar-refractivity contribution in [1.82, 2.24) is 0 Å². The molecule has 0 amide bonds. The van der Waals surface area contributed by atoms with E-state index in [1.54, 1.807) is 18.2 Å². The number of aromatic hydroxyl groups is 1. The smallest absolute Gasteiger partial charge is 0.167 e. The molecule has 0 aromatic heterocycles. The normalized spacial score (nSPS) is 9.50. The summed E-state index contributed by atoms with van der Waals surface area (Å²) in [6.45, 7) is 5.19. The molecule has 0 aliphatic heterocycles. The van der Waals surface area contributed by atoms with Crippen LogP contribution in [-0.2, 0) is 0 Å². The van der Waals surface area contributed by atoms with Crippen LogP contribution < -0.4 is 4.74 Å². The van der Waals surface area contributed by atoms with Gasteiger partial charge in [-0.1, -0.05) is 18.7 Å². The highest BCUT2D eigenvalue weighted by Gasteiger charge is 2.12. The van der Waals surface area contributed by atoms with Gasteiger partial charge in [0.1, 0.15) is 23.7 Å². The van der Waals surface area contributed by atoms with Crippen LogP contribution >= 0.6 is 0 Å². The molecule has 0 bridgehead atoms. The van der Waals surface area contributed by atoms with Gasteiger partial charge in [0, 0.05) is 0 Å². The molecule has 1 N–H and O–H groups in total. The molecule has 0 spiro atoms. The van der Waals surface area contributed by atoms with E-state index in [-0.39, 0.29) is 17.1 Å². The predicted molar refractivity (Wildman–Crippen MR) is 53.8 cm³/mol. The summed E-state index contributed by atoms with van der Waals surface area (Å²) in [5.41, 5.74) is 0.217. The van der Waals surface area contributed by atoms with Crippen LogP contribution in [0.3, 0.4) is 0 Å². The Morgan fingerprint density at radius 3 is 2.93 bits per heavy atom. The zero-order valence-electron chi connectivity index (χ0n) is 7.99. The van der Waals surface area contributed by atoms with Gasteiger partial charge in [-0.2, -0.15) is 0 Å². The Morgan fingerprint density at radius 1 is 1.64 bits per heavy atom. The molecule has 1 aromatic carbocycles. The number of ketones is 1. The van der Waals surface area contributed by atoms with Crippen molar-refractivity contribution in [1.29, 1.82) is 0 Å². The predicted octanol–water partition coefficient (Wildman–Crippen LogP) is 2.16. The van der Waals surface area contributed by atoms with Gasteiger partial charge in [-0.25, -0.2) is 0 Å². The topological polar surface area (TPSA) is 46.5 Å². The van der Waals surface area contributed by atoms with Crippen molar-refractivity contribution >= 4 is 5.78 Å². The maximum absolute atomic E-state index is 11.2. The molecular formula is C11H12O3. The first kappa shape index (κ1) is 10.3. The zero-order chi connectivity index (χ0) is 10.6. The van der Waals surface area contributed by atoms with Gasteiger partial charge < -0.3 is 9.84 Å². The van der Waals surface area contributed by atoms with Crippen LogP contribution in [0, 0.1) is 0 Å². The number of hydrogen-bond donors (Lipinski definition) is 1. The fraction of sp³-hybridized carbons (Fsp3) is 0.182.